The predicted octanol–water partition coefficient (Wildman–Crippen LogP) is 2.25. The van der Waals surface area contributed by atoms with Crippen molar-refractivity contribution >= 4 is 21.9 Å². The van der Waals surface area contributed by atoms with E-state index < -0.39 is 5.97 Å². The van der Waals surface area contributed by atoms with E-state index >= 15 is 0 Å². The molecule has 0 bridgehead atoms. The van der Waals surface area contributed by atoms with Crippen molar-refractivity contribution in [1.82, 2.24) is 0 Å². The minimum Gasteiger partial charge on any atom is -0.481 e. The van der Waals surface area contributed by atoms with Gasteiger partial charge < -0.3 is 5.11 Å². The first-order chi connectivity index (χ1) is 5.01. The minimum atomic E-state index is -0.689. The van der Waals surface area contributed by atoms with E-state index in [-0.39, 0.29) is 17.3 Å². The minimum absolute atomic E-state index is 0.0594. The molecule has 0 saturated heterocycles. The zero-order valence-corrected chi connectivity index (χ0v) is 8.13. The molecule has 2 nitrogen and oxygen atoms in total. The van der Waals surface area contributed by atoms with Crippen molar-refractivity contribution in [2.24, 2.45) is 17.3 Å². The smallest absolute Gasteiger partial charge is 0.307 e. The number of carboxylic acid groups (broad SMARTS) is 1. The summed E-state index contributed by atoms with van der Waals surface area (Å²) in [6.07, 6.45) is 1.90. The Balaban J connectivity index is 2.68. The third kappa shape index (κ3) is 1.34. The van der Waals surface area contributed by atoms with Crippen molar-refractivity contribution in [2.75, 3.05) is 0 Å². The Kier molecular flexibility index (Phi) is 2.10. The second kappa shape index (κ2) is 2.63. The number of carbonyl (C=O) groups is 1. The first-order valence-corrected chi connectivity index (χ1v) is 4.43. The van der Waals surface area contributed by atoms with Gasteiger partial charge in [-0.15, -0.1) is 0 Å². The van der Waals surface area contributed by atoms with E-state index in [9.17, 15) is 4.79 Å². The van der Waals surface area contributed by atoms with E-state index in [1.807, 2.05) is 19.9 Å². The monoisotopic (exact) mass is 218 g/mol. The van der Waals surface area contributed by atoms with Crippen LogP contribution in [0.5, 0.6) is 0 Å². The number of aliphatic carboxylic acids is 1. The highest BCUT2D eigenvalue weighted by Gasteiger charge is 2.60. The summed E-state index contributed by atoms with van der Waals surface area (Å²) in [6.45, 7) is 3.95. The molecule has 0 radical (unpaired) electrons. The fraction of sp³-hybridized carbons (Fsp3) is 0.625. The van der Waals surface area contributed by atoms with Crippen LogP contribution < -0.4 is 0 Å². The molecular formula is C8H11BrO2. The van der Waals surface area contributed by atoms with Gasteiger partial charge in [0.2, 0.25) is 0 Å². The Morgan fingerprint density at radius 2 is 2.18 bits per heavy atom. The molecule has 0 aromatic carbocycles. The number of hydrogen-bond donors (Lipinski definition) is 1. The normalized spacial score (nSPS) is 34.1. The average Bonchev–Trinajstić information content (AvgIpc) is 2.35. The molecule has 3 heteroatoms. The second-order valence-electron chi connectivity index (χ2n) is 3.48. The van der Waals surface area contributed by atoms with Crippen LogP contribution in [0.3, 0.4) is 0 Å². The van der Waals surface area contributed by atoms with E-state index in [1.165, 1.54) is 0 Å². The maximum atomic E-state index is 10.6. The van der Waals surface area contributed by atoms with Gasteiger partial charge in [-0.05, 0) is 16.3 Å². The van der Waals surface area contributed by atoms with Crippen molar-refractivity contribution < 1.29 is 9.90 Å². The molecule has 0 heterocycles. The molecule has 0 aromatic heterocycles. The van der Waals surface area contributed by atoms with Crippen molar-refractivity contribution in [2.45, 2.75) is 13.8 Å². The van der Waals surface area contributed by atoms with Crippen molar-refractivity contribution in [3.63, 3.8) is 0 Å². The van der Waals surface area contributed by atoms with Crippen LogP contribution in [0.1, 0.15) is 13.8 Å². The lowest BCUT2D eigenvalue weighted by molar-refractivity contribution is -0.139. The van der Waals surface area contributed by atoms with Crippen molar-refractivity contribution in [1.29, 1.82) is 0 Å². The molecule has 1 N–H and O–H groups in total. The Morgan fingerprint density at radius 1 is 1.64 bits per heavy atom. The number of halogens is 1. The molecule has 0 aliphatic heterocycles. The average molecular weight is 219 g/mol. The lowest BCUT2D eigenvalue weighted by atomic mass is 10.1. The van der Waals surface area contributed by atoms with Crippen molar-refractivity contribution in [3.05, 3.63) is 11.1 Å². The highest BCUT2D eigenvalue weighted by atomic mass is 79.9. The molecule has 0 spiro atoms. The zero-order chi connectivity index (χ0) is 8.65. The molecule has 1 aliphatic rings. The number of hydrogen-bond acceptors (Lipinski definition) is 1. The van der Waals surface area contributed by atoms with Crippen LogP contribution in [0, 0.1) is 17.3 Å². The molecule has 11 heavy (non-hydrogen) atoms. The molecule has 1 aliphatic carbocycles. The zero-order valence-electron chi connectivity index (χ0n) is 6.54. The fourth-order valence-corrected chi connectivity index (χ4v) is 1.92. The fourth-order valence-electron chi connectivity index (χ4n) is 1.59. The SMILES string of the molecule is CC1(C)[C@H](C(=O)O)[C@@H]1/C=C/Br. The van der Waals surface area contributed by atoms with Gasteiger partial charge in [-0.3, -0.25) is 4.79 Å². The summed E-state index contributed by atoms with van der Waals surface area (Å²) >= 11 is 3.14. The largest absolute Gasteiger partial charge is 0.481 e. The quantitative estimate of drug-likeness (QED) is 0.773. The number of rotatable bonds is 2. The highest BCUT2D eigenvalue weighted by molar-refractivity contribution is 9.11. The van der Waals surface area contributed by atoms with E-state index in [0.717, 1.165) is 0 Å². The Bertz CT molecular complexity index is 208. The van der Waals surface area contributed by atoms with E-state index in [0.29, 0.717) is 0 Å². The van der Waals surface area contributed by atoms with Gasteiger partial charge in [-0.2, -0.15) is 0 Å². The second-order valence-corrected chi connectivity index (χ2v) is 4.01. The van der Waals surface area contributed by atoms with E-state index in [2.05, 4.69) is 15.9 Å². The highest BCUT2D eigenvalue weighted by Crippen LogP contribution is 2.59. The van der Waals surface area contributed by atoms with Crippen LogP contribution in [0.4, 0.5) is 0 Å². The van der Waals surface area contributed by atoms with E-state index in [4.69, 9.17) is 5.11 Å². The standard InChI is InChI=1S/C8H11BrO2/c1-8(2)5(3-4-9)6(8)7(10)11/h3-6H,1-2H3,(H,10,11)/b4-3+/t5-,6-/m0/s1. The van der Waals surface area contributed by atoms with Gasteiger partial charge in [0, 0.05) is 0 Å². The molecule has 1 rings (SSSR count). The summed E-state index contributed by atoms with van der Waals surface area (Å²) in [7, 11) is 0. The molecule has 1 saturated carbocycles. The number of allylic oxidation sites excluding steroid dienone is 1. The van der Waals surface area contributed by atoms with Gasteiger partial charge in [0.25, 0.3) is 0 Å². The topological polar surface area (TPSA) is 37.3 Å². The van der Waals surface area contributed by atoms with Crippen LogP contribution in [-0.4, -0.2) is 11.1 Å². The van der Waals surface area contributed by atoms with Crippen LogP contribution in [0.15, 0.2) is 11.1 Å². The summed E-state index contributed by atoms with van der Waals surface area (Å²) in [5.41, 5.74) is -0.0594. The summed E-state index contributed by atoms with van der Waals surface area (Å²) in [6, 6.07) is 0. The van der Waals surface area contributed by atoms with Gasteiger partial charge in [0.1, 0.15) is 0 Å². The molecule has 1 fully saturated rings. The lowest BCUT2D eigenvalue weighted by Crippen LogP contribution is -2.02. The first kappa shape index (κ1) is 8.78. The summed E-state index contributed by atoms with van der Waals surface area (Å²) in [4.78, 5) is 12.4. The van der Waals surface area contributed by atoms with Gasteiger partial charge in [0.05, 0.1) is 5.92 Å². The predicted molar refractivity (Wildman–Crippen MR) is 46.5 cm³/mol. The summed E-state index contributed by atoms with van der Waals surface area (Å²) in [5, 5.41) is 8.74. The van der Waals surface area contributed by atoms with Gasteiger partial charge in [-0.1, -0.05) is 35.9 Å². The number of carboxylic acids is 1. The van der Waals surface area contributed by atoms with Crippen LogP contribution >= 0.6 is 15.9 Å². The van der Waals surface area contributed by atoms with Crippen LogP contribution in [0.25, 0.3) is 0 Å². The molecule has 0 aromatic rings. The first-order valence-electron chi connectivity index (χ1n) is 3.51. The maximum Gasteiger partial charge on any atom is 0.307 e. The van der Waals surface area contributed by atoms with Crippen molar-refractivity contribution in [3.8, 4) is 0 Å². The van der Waals surface area contributed by atoms with Gasteiger partial charge in [0.15, 0.2) is 0 Å². The molecular weight excluding hydrogens is 208 g/mol. The Morgan fingerprint density at radius 3 is 2.45 bits per heavy atom. The molecule has 0 unspecified atom stereocenters. The summed E-state index contributed by atoms with van der Waals surface area (Å²) < 4.78 is 0. The van der Waals surface area contributed by atoms with Crippen LogP contribution in [-0.2, 0) is 4.79 Å². The third-order valence-electron chi connectivity index (χ3n) is 2.46. The van der Waals surface area contributed by atoms with Gasteiger partial charge in [-0.25, -0.2) is 0 Å². The van der Waals surface area contributed by atoms with Crippen LogP contribution in [0.2, 0.25) is 0 Å². The Hall–Kier alpha value is -0.310. The lowest BCUT2D eigenvalue weighted by Gasteiger charge is -1.95. The summed E-state index contributed by atoms with van der Waals surface area (Å²) in [5.74, 6) is -0.693. The van der Waals surface area contributed by atoms with Gasteiger partial charge >= 0.3 is 5.97 Å². The molecule has 2 atom stereocenters. The third-order valence-corrected chi connectivity index (χ3v) is 2.76. The Labute approximate surface area is 74.4 Å². The maximum absolute atomic E-state index is 10.6. The molecule has 62 valence electrons. The van der Waals surface area contributed by atoms with E-state index in [1.54, 1.807) is 4.99 Å². The molecule has 0 amide bonds.